The van der Waals surface area contributed by atoms with E-state index in [0.717, 1.165) is 17.8 Å². The molecule has 0 bridgehead atoms. The summed E-state index contributed by atoms with van der Waals surface area (Å²) in [7, 11) is 1.97. The smallest absolute Gasteiger partial charge is 0.0644 e. The van der Waals surface area contributed by atoms with Crippen molar-refractivity contribution in [3.8, 4) is 0 Å². The highest BCUT2D eigenvalue weighted by atomic mass is 32.1. The number of hydrogen-bond donors (Lipinski definition) is 2. The van der Waals surface area contributed by atoms with Crippen molar-refractivity contribution < 1.29 is 0 Å². The summed E-state index contributed by atoms with van der Waals surface area (Å²) in [5, 5.41) is 8.05. The second-order valence-corrected chi connectivity index (χ2v) is 6.30. The first-order chi connectivity index (χ1) is 10.1. The van der Waals surface area contributed by atoms with Crippen molar-refractivity contribution in [1.29, 1.82) is 0 Å². The van der Waals surface area contributed by atoms with Gasteiger partial charge in [-0.2, -0.15) is 5.10 Å². The molecule has 1 unspecified atom stereocenters. The Balaban J connectivity index is 1.98. The van der Waals surface area contributed by atoms with Crippen LogP contribution in [0.25, 0.3) is 10.1 Å². The summed E-state index contributed by atoms with van der Waals surface area (Å²) in [6, 6.07) is 8.59. The predicted octanol–water partition coefficient (Wildman–Crippen LogP) is 3.00. The minimum Gasteiger partial charge on any atom is -0.272 e. The van der Waals surface area contributed by atoms with Crippen molar-refractivity contribution in [3.63, 3.8) is 0 Å². The molecule has 0 fully saturated rings. The molecule has 0 aliphatic carbocycles. The van der Waals surface area contributed by atoms with Crippen LogP contribution in [0.2, 0.25) is 0 Å². The van der Waals surface area contributed by atoms with E-state index in [2.05, 4.69) is 47.1 Å². The molecule has 0 amide bonds. The Kier molecular flexibility index (Phi) is 3.80. The molecule has 0 saturated carbocycles. The van der Waals surface area contributed by atoms with Crippen LogP contribution in [0.1, 0.15) is 28.6 Å². The highest BCUT2D eigenvalue weighted by molar-refractivity contribution is 7.17. The summed E-state index contributed by atoms with van der Waals surface area (Å²) >= 11 is 1.79. The van der Waals surface area contributed by atoms with Crippen LogP contribution in [0, 0.1) is 13.8 Å². The minimum atomic E-state index is 0.0803. The average molecular weight is 300 g/mol. The fourth-order valence-corrected chi connectivity index (χ4v) is 3.93. The molecular weight excluding hydrogens is 280 g/mol. The van der Waals surface area contributed by atoms with Gasteiger partial charge in [0.25, 0.3) is 0 Å². The number of nitrogens with zero attached hydrogens (tertiary/aromatic N) is 2. The third-order valence-electron chi connectivity index (χ3n) is 4.10. The van der Waals surface area contributed by atoms with Crippen molar-refractivity contribution in [1.82, 2.24) is 15.2 Å². The summed E-state index contributed by atoms with van der Waals surface area (Å²) in [6.07, 6.45) is 0.869. The SMILES string of the molecule is Cc1nn(C)c(C)c1C(Cc1csc2ccccc12)NN. The van der Waals surface area contributed by atoms with E-state index in [-0.39, 0.29) is 6.04 Å². The van der Waals surface area contributed by atoms with Crippen LogP contribution >= 0.6 is 11.3 Å². The summed E-state index contributed by atoms with van der Waals surface area (Å²) in [5.41, 5.74) is 7.71. The summed E-state index contributed by atoms with van der Waals surface area (Å²) < 4.78 is 3.24. The standard InChI is InChI=1S/C16H20N4S/c1-10-16(11(2)20(3)19-10)14(18-17)8-12-9-21-15-7-5-4-6-13(12)15/h4-7,9,14,18H,8,17H2,1-3H3. The lowest BCUT2D eigenvalue weighted by molar-refractivity contribution is 0.548. The molecule has 3 rings (SSSR count). The Labute approximate surface area is 128 Å². The molecule has 110 valence electrons. The zero-order valence-electron chi connectivity index (χ0n) is 12.6. The Morgan fingerprint density at radius 3 is 2.76 bits per heavy atom. The van der Waals surface area contributed by atoms with Crippen LogP contribution in [0.4, 0.5) is 0 Å². The van der Waals surface area contributed by atoms with Gasteiger partial charge >= 0.3 is 0 Å². The zero-order valence-corrected chi connectivity index (χ0v) is 13.4. The molecule has 0 radical (unpaired) electrons. The molecule has 0 spiro atoms. The maximum absolute atomic E-state index is 5.83. The topological polar surface area (TPSA) is 55.9 Å². The number of hydrogen-bond acceptors (Lipinski definition) is 4. The van der Waals surface area contributed by atoms with Crippen LogP contribution in [0.15, 0.2) is 29.6 Å². The number of rotatable bonds is 4. The van der Waals surface area contributed by atoms with Crippen LogP contribution in [-0.2, 0) is 13.5 Å². The van der Waals surface area contributed by atoms with E-state index < -0.39 is 0 Å². The number of nitrogens with one attached hydrogen (secondary N) is 1. The van der Waals surface area contributed by atoms with Gasteiger partial charge in [0.1, 0.15) is 0 Å². The Hall–Kier alpha value is -1.69. The predicted molar refractivity (Wildman–Crippen MR) is 88.3 cm³/mol. The lowest BCUT2D eigenvalue weighted by Crippen LogP contribution is -2.30. The van der Waals surface area contributed by atoms with Gasteiger partial charge in [0.2, 0.25) is 0 Å². The molecule has 1 aromatic carbocycles. The maximum atomic E-state index is 5.83. The van der Waals surface area contributed by atoms with E-state index in [1.807, 2.05) is 18.7 Å². The van der Waals surface area contributed by atoms with Gasteiger partial charge in [-0.3, -0.25) is 16.0 Å². The largest absolute Gasteiger partial charge is 0.272 e. The van der Waals surface area contributed by atoms with Gasteiger partial charge in [0.15, 0.2) is 0 Å². The van der Waals surface area contributed by atoms with Crippen LogP contribution in [0.5, 0.6) is 0 Å². The average Bonchev–Trinajstić information content (AvgIpc) is 2.99. The second kappa shape index (κ2) is 5.60. The van der Waals surface area contributed by atoms with Gasteiger partial charge in [-0.05, 0) is 42.7 Å². The number of nitrogens with two attached hydrogens (primary N) is 1. The zero-order chi connectivity index (χ0) is 15.0. The highest BCUT2D eigenvalue weighted by Crippen LogP contribution is 2.31. The van der Waals surface area contributed by atoms with Crippen molar-refractivity contribution >= 4 is 21.4 Å². The maximum Gasteiger partial charge on any atom is 0.0644 e. The number of fused-ring (bicyclic) bond motifs is 1. The molecule has 1 atom stereocenters. The number of aromatic nitrogens is 2. The Morgan fingerprint density at radius 1 is 1.33 bits per heavy atom. The third-order valence-corrected chi connectivity index (χ3v) is 5.11. The Bertz CT molecular complexity index is 772. The molecule has 5 heteroatoms. The summed E-state index contributed by atoms with van der Waals surface area (Å²) in [6.45, 7) is 4.13. The first-order valence-corrected chi connectivity index (χ1v) is 7.91. The molecule has 4 nitrogen and oxygen atoms in total. The molecular formula is C16H20N4S. The number of aryl methyl sites for hydroxylation is 2. The van der Waals surface area contributed by atoms with Gasteiger partial charge in [-0.25, -0.2) is 0 Å². The van der Waals surface area contributed by atoms with Crippen LogP contribution < -0.4 is 11.3 Å². The molecule has 2 aromatic heterocycles. The summed E-state index contributed by atoms with van der Waals surface area (Å²) in [5.74, 6) is 5.83. The molecule has 2 heterocycles. The van der Waals surface area contributed by atoms with Crippen molar-refractivity contribution in [2.45, 2.75) is 26.3 Å². The number of thiophene rings is 1. The lowest BCUT2D eigenvalue weighted by atomic mass is 9.97. The van der Waals surface area contributed by atoms with Crippen molar-refractivity contribution in [2.24, 2.45) is 12.9 Å². The van der Waals surface area contributed by atoms with Gasteiger partial charge in [0.05, 0.1) is 11.7 Å². The van der Waals surface area contributed by atoms with Gasteiger partial charge < -0.3 is 0 Å². The first-order valence-electron chi connectivity index (χ1n) is 7.03. The highest BCUT2D eigenvalue weighted by Gasteiger charge is 2.20. The number of benzene rings is 1. The molecule has 0 saturated heterocycles. The molecule has 0 aliphatic heterocycles. The molecule has 0 aliphatic rings. The summed E-state index contributed by atoms with van der Waals surface area (Å²) in [4.78, 5) is 0. The van der Waals surface area contributed by atoms with Crippen LogP contribution in [-0.4, -0.2) is 9.78 Å². The van der Waals surface area contributed by atoms with E-state index in [4.69, 9.17) is 5.84 Å². The quantitative estimate of drug-likeness (QED) is 0.575. The van der Waals surface area contributed by atoms with Crippen LogP contribution in [0.3, 0.4) is 0 Å². The van der Waals surface area contributed by atoms with Gasteiger partial charge in [0, 0.05) is 23.0 Å². The van der Waals surface area contributed by atoms with E-state index in [1.54, 1.807) is 11.3 Å². The first kappa shape index (κ1) is 14.3. The molecule has 3 aromatic rings. The van der Waals surface area contributed by atoms with E-state index in [0.29, 0.717) is 0 Å². The van der Waals surface area contributed by atoms with E-state index in [9.17, 15) is 0 Å². The van der Waals surface area contributed by atoms with Gasteiger partial charge in [-0.15, -0.1) is 11.3 Å². The minimum absolute atomic E-state index is 0.0803. The molecule has 3 N–H and O–H groups in total. The normalized spacial score (nSPS) is 13.0. The second-order valence-electron chi connectivity index (χ2n) is 5.39. The third kappa shape index (κ3) is 2.48. The fraction of sp³-hybridized carbons (Fsp3) is 0.312. The van der Waals surface area contributed by atoms with Crippen molar-refractivity contribution in [3.05, 3.63) is 52.2 Å². The van der Waals surface area contributed by atoms with Crippen molar-refractivity contribution in [2.75, 3.05) is 0 Å². The van der Waals surface area contributed by atoms with Gasteiger partial charge in [-0.1, -0.05) is 18.2 Å². The fourth-order valence-electron chi connectivity index (χ4n) is 2.95. The molecule has 21 heavy (non-hydrogen) atoms. The van der Waals surface area contributed by atoms with E-state index in [1.165, 1.54) is 21.2 Å². The lowest BCUT2D eigenvalue weighted by Gasteiger charge is -2.16. The van der Waals surface area contributed by atoms with E-state index >= 15 is 0 Å². The monoisotopic (exact) mass is 300 g/mol. The Morgan fingerprint density at radius 2 is 2.10 bits per heavy atom. The number of hydrazine groups is 1.